The lowest BCUT2D eigenvalue weighted by Crippen LogP contribution is -2.04. The molecule has 1 heterocycles. The highest BCUT2D eigenvalue weighted by Crippen LogP contribution is 2.29. The topological polar surface area (TPSA) is 93.2 Å². The summed E-state index contributed by atoms with van der Waals surface area (Å²) in [5, 5.41) is 6.76. The summed E-state index contributed by atoms with van der Waals surface area (Å²) in [6.07, 6.45) is 1.41. The van der Waals surface area contributed by atoms with Crippen molar-refractivity contribution in [3.8, 4) is 5.75 Å². The summed E-state index contributed by atoms with van der Waals surface area (Å²) in [7, 11) is -1.73. The molecule has 0 spiro atoms. The molecule has 0 saturated carbocycles. The zero-order valence-electron chi connectivity index (χ0n) is 15.3. The second-order valence-electron chi connectivity index (χ2n) is 5.82. The number of aromatic nitrogens is 2. The fourth-order valence-corrected chi connectivity index (χ4v) is 3.58. The predicted octanol–water partition coefficient (Wildman–Crippen LogP) is 4.42. The Hall–Kier alpha value is -2.84. The first-order valence-corrected chi connectivity index (χ1v) is 10.5. The zero-order chi connectivity index (χ0) is 20.1. The Labute approximate surface area is 168 Å². The van der Waals surface area contributed by atoms with E-state index in [9.17, 15) is 8.42 Å². The van der Waals surface area contributed by atoms with Crippen LogP contribution in [0.15, 0.2) is 59.8 Å². The number of nitrogens with one attached hydrogen (secondary N) is 2. The molecule has 3 rings (SSSR count). The largest absolute Gasteiger partial charge is 0.495 e. The third-order valence-electron chi connectivity index (χ3n) is 3.94. The Balaban J connectivity index is 1.80. The van der Waals surface area contributed by atoms with Crippen LogP contribution in [-0.4, -0.2) is 31.2 Å². The number of benzene rings is 2. The van der Waals surface area contributed by atoms with Crippen molar-refractivity contribution in [3.05, 3.63) is 59.9 Å². The minimum Gasteiger partial charge on any atom is -0.495 e. The van der Waals surface area contributed by atoms with Gasteiger partial charge in [-0.05, 0) is 30.3 Å². The lowest BCUT2D eigenvalue weighted by atomic mass is 10.3. The highest BCUT2D eigenvalue weighted by molar-refractivity contribution is 7.91. The predicted molar refractivity (Wildman–Crippen MR) is 111 cm³/mol. The highest BCUT2D eigenvalue weighted by Gasteiger charge is 2.12. The van der Waals surface area contributed by atoms with Gasteiger partial charge >= 0.3 is 0 Å². The zero-order valence-corrected chi connectivity index (χ0v) is 16.9. The van der Waals surface area contributed by atoms with Gasteiger partial charge in [-0.1, -0.05) is 24.6 Å². The van der Waals surface area contributed by atoms with E-state index in [4.69, 9.17) is 16.3 Å². The summed E-state index contributed by atoms with van der Waals surface area (Å²) < 4.78 is 29.3. The SMILES string of the molecule is CCS(=O)(=O)c1cccc(Nc2cc(Nc3ccc(Cl)c(OC)c3)ncn2)c1. The van der Waals surface area contributed by atoms with Crippen LogP contribution in [0.5, 0.6) is 5.75 Å². The molecule has 9 heteroatoms. The molecule has 0 bridgehead atoms. The van der Waals surface area contributed by atoms with Crippen molar-refractivity contribution in [2.45, 2.75) is 11.8 Å². The van der Waals surface area contributed by atoms with E-state index < -0.39 is 9.84 Å². The molecule has 0 aliphatic heterocycles. The van der Waals surface area contributed by atoms with E-state index in [-0.39, 0.29) is 10.6 Å². The second kappa shape index (κ2) is 8.45. The van der Waals surface area contributed by atoms with E-state index in [0.717, 1.165) is 5.69 Å². The third kappa shape index (κ3) is 4.71. The van der Waals surface area contributed by atoms with Gasteiger partial charge in [-0.25, -0.2) is 18.4 Å². The minimum atomic E-state index is -3.28. The Kier molecular flexibility index (Phi) is 6.01. The first kappa shape index (κ1) is 19.9. The van der Waals surface area contributed by atoms with E-state index in [1.807, 2.05) is 0 Å². The van der Waals surface area contributed by atoms with Gasteiger partial charge in [0.05, 0.1) is 22.8 Å². The number of nitrogens with zero attached hydrogens (tertiary/aromatic N) is 2. The first-order valence-electron chi connectivity index (χ1n) is 8.43. The van der Waals surface area contributed by atoms with Gasteiger partial charge in [-0.3, -0.25) is 0 Å². The van der Waals surface area contributed by atoms with Crippen molar-refractivity contribution in [1.82, 2.24) is 9.97 Å². The van der Waals surface area contributed by atoms with Crippen LogP contribution in [0.25, 0.3) is 0 Å². The smallest absolute Gasteiger partial charge is 0.178 e. The van der Waals surface area contributed by atoms with Gasteiger partial charge in [0.15, 0.2) is 9.84 Å². The molecule has 3 aromatic rings. The number of halogens is 1. The Morgan fingerprint density at radius 1 is 1.00 bits per heavy atom. The molecule has 0 amide bonds. The lowest BCUT2D eigenvalue weighted by Gasteiger charge is -2.11. The molecule has 0 radical (unpaired) electrons. The molecule has 2 aromatic carbocycles. The molecule has 28 heavy (non-hydrogen) atoms. The maximum atomic E-state index is 12.1. The minimum absolute atomic E-state index is 0.0442. The van der Waals surface area contributed by atoms with E-state index >= 15 is 0 Å². The maximum absolute atomic E-state index is 12.1. The summed E-state index contributed by atoms with van der Waals surface area (Å²) >= 11 is 6.04. The summed E-state index contributed by atoms with van der Waals surface area (Å²) in [5.41, 5.74) is 1.37. The van der Waals surface area contributed by atoms with Crippen molar-refractivity contribution < 1.29 is 13.2 Å². The van der Waals surface area contributed by atoms with Crippen LogP contribution in [0.1, 0.15) is 6.92 Å². The van der Waals surface area contributed by atoms with Crippen LogP contribution in [-0.2, 0) is 9.84 Å². The van der Waals surface area contributed by atoms with E-state index in [2.05, 4.69) is 20.6 Å². The molecule has 7 nitrogen and oxygen atoms in total. The average molecular weight is 419 g/mol. The van der Waals surface area contributed by atoms with Gasteiger partial charge in [0.25, 0.3) is 0 Å². The highest BCUT2D eigenvalue weighted by atomic mass is 35.5. The lowest BCUT2D eigenvalue weighted by molar-refractivity contribution is 0.415. The maximum Gasteiger partial charge on any atom is 0.178 e. The van der Waals surface area contributed by atoms with Gasteiger partial charge in [-0.15, -0.1) is 0 Å². The second-order valence-corrected chi connectivity index (χ2v) is 8.50. The van der Waals surface area contributed by atoms with Gasteiger partial charge in [0.2, 0.25) is 0 Å². The summed E-state index contributed by atoms with van der Waals surface area (Å²) in [4.78, 5) is 8.64. The molecule has 0 fully saturated rings. The summed E-state index contributed by atoms with van der Waals surface area (Å²) in [5.74, 6) is 1.67. The molecule has 0 unspecified atom stereocenters. The van der Waals surface area contributed by atoms with Crippen LogP contribution in [0.2, 0.25) is 5.02 Å². The number of ether oxygens (including phenoxy) is 1. The Morgan fingerprint density at radius 3 is 2.32 bits per heavy atom. The van der Waals surface area contributed by atoms with Crippen LogP contribution in [0, 0.1) is 0 Å². The monoisotopic (exact) mass is 418 g/mol. The molecule has 0 atom stereocenters. The number of hydrogen-bond donors (Lipinski definition) is 2. The van der Waals surface area contributed by atoms with Crippen molar-refractivity contribution in [2.24, 2.45) is 0 Å². The van der Waals surface area contributed by atoms with Crippen molar-refractivity contribution in [1.29, 1.82) is 0 Å². The number of rotatable bonds is 7. The van der Waals surface area contributed by atoms with Gasteiger partial charge < -0.3 is 15.4 Å². The average Bonchev–Trinajstić information content (AvgIpc) is 2.70. The number of anilines is 4. The van der Waals surface area contributed by atoms with Crippen LogP contribution >= 0.6 is 11.6 Å². The molecule has 0 saturated heterocycles. The fourth-order valence-electron chi connectivity index (χ4n) is 2.46. The van der Waals surface area contributed by atoms with Crippen molar-refractivity contribution >= 4 is 44.4 Å². The molecule has 0 aliphatic carbocycles. The number of hydrogen-bond acceptors (Lipinski definition) is 7. The Morgan fingerprint density at radius 2 is 1.68 bits per heavy atom. The standard InChI is InChI=1S/C19H19ClN4O3S/c1-3-28(25,26)15-6-4-5-13(9-15)23-18-11-19(22-12-21-18)24-14-7-8-16(20)17(10-14)27-2/h4-12H,3H2,1-2H3,(H2,21,22,23,24). The van der Waals surface area contributed by atoms with Crippen molar-refractivity contribution in [3.63, 3.8) is 0 Å². The van der Waals surface area contributed by atoms with Crippen molar-refractivity contribution in [2.75, 3.05) is 23.5 Å². The van der Waals surface area contributed by atoms with E-state index in [1.54, 1.807) is 62.6 Å². The van der Waals surface area contributed by atoms with E-state index in [1.165, 1.54) is 6.33 Å². The quantitative estimate of drug-likeness (QED) is 0.586. The number of methoxy groups -OCH3 is 1. The third-order valence-corrected chi connectivity index (χ3v) is 5.98. The summed E-state index contributed by atoms with van der Waals surface area (Å²) in [6, 6.07) is 13.6. The molecule has 146 valence electrons. The molecular formula is C19H19ClN4O3S. The van der Waals surface area contributed by atoms with Crippen LogP contribution in [0.4, 0.5) is 23.0 Å². The van der Waals surface area contributed by atoms with Gasteiger partial charge in [0, 0.05) is 23.5 Å². The van der Waals surface area contributed by atoms with Crippen LogP contribution in [0.3, 0.4) is 0 Å². The van der Waals surface area contributed by atoms with Gasteiger partial charge in [0.1, 0.15) is 23.7 Å². The first-order chi connectivity index (χ1) is 13.4. The Bertz CT molecular complexity index is 1090. The molecule has 1 aromatic heterocycles. The van der Waals surface area contributed by atoms with Crippen LogP contribution < -0.4 is 15.4 Å². The molecular weight excluding hydrogens is 400 g/mol. The van der Waals surface area contributed by atoms with E-state index in [0.29, 0.717) is 28.1 Å². The van der Waals surface area contributed by atoms with Gasteiger partial charge in [-0.2, -0.15) is 0 Å². The normalized spacial score (nSPS) is 11.1. The summed E-state index contributed by atoms with van der Waals surface area (Å²) in [6.45, 7) is 1.61. The fraction of sp³-hybridized carbons (Fsp3) is 0.158. The number of sulfone groups is 1. The molecule has 2 N–H and O–H groups in total. The molecule has 0 aliphatic rings.